The Labute approximate surface area is 158 Å². The lowest BCUT2D eigenvalue weighted by atomic mass is 10.3. The number of aromatic nitrogens is 1. The van der Waals surface area contributed by atoms with Crippen molar-refractivity contribution in [2.45, 2.75) is 12.4 Å². The number of nitrogens with zero attached hydrogens (tertiary/aromatic N) is 1. The highest BCUT2D eigenvalue weighted by atomic mass is 79.9. The lowest BCUT2D eigenvalue weighted by molar-refractivity contribution is -0.147. The first kappa shape index (κ1) is 20.3. The molecule has 136 valence electrons. The Bertz CT molecular complexity index is 813. The summed E-state index contributed by atoms with van der Waals surface area (Å²) in [5, 5.41) is 0.286. The molecule has 0 aliphatic heterocycles. The van der Waals surface area contributed by atoms with Gasteiger partial charge < -0.3 is 5.32 Å². The summed E-state index contributed by atoms with van der Waals surface area (Å²) in [4.78, 5) is 13.4. The summed E-state index contributed by atoms with van der Waals surface area (Å²) in [5.41, 5.74) is -2.07. The molecule has 0 aliphatic carbocycles. The van der Waals surface area contributed by atoms with Gasteiger partial charge in [-0.25, -0.2) is 4.98 Å². The maximum absolute atomic E-state index is 12.9. The summed E-state index contributed by atoms with van der Waals surface area (Å²) in [6, 6.07) is 2.49. The fourth-order valence-electron chi connectivity index (χ4n) is 1.62. The minimum Gasteiger partial charge on any atom is -0.319 e. The van der Waals surface area contributed by atoms with E-state index in [0.29, 0.717) is 0 Å². The van der Waals surface area contributed by atoms with Crippen LogP contribution >= 0.6 is 50.5 Å². The van der Waals surface area contributed by atoms with Crippen molar-refractivity contribution in [1.29, 1.82) is 0 Å². The summed E-state index contributed by atoms with van der Waals surface area (Å²) in [7, 11) is 0. The van der Waals surface area contributed by atoms with Gasteiger partial charge >= 0.3 is 12.4 Å². The molecule has 2 rings (SSSR count). The lowest BCUT2D eigenvalue weighted by Crippen LogP contribution is -2.17. The van der Waals surface area contributed by atoms with Crippen molar-refractivity contribution < 1.29 is 31.1 Å². The van der Waals surface area contributed by atoms with E-state index in [9.17, 15) is 31.1 Å². The third-order valence-electron chi connectivity index (χ3n) is 2.59. The van der Waals surface area contributed by atoms with Crippen molar-refractivity contribution in [2.75, 3.05) is 5.32 Å². The number of hydrogen-bond acceptors (Lipinski definition) is 3. The molecular weight excluding hydrogens is 485 g/mol. The predicted molar refractivity (Wildman–Crippen MR) is 84.2 cm³/mol. The van der Waals surface area contributed by atoms with E-state index < -0.39 is 45.2 Å². The van der Waals surface area contributed by atoms with Gasteiger partial charge in [0, 0.05) is 9.50 Å². The van der Waals surface area contributed by atoms with Crippen molar-refractivity contribution in [3.8, 4) is 0 Å². The number of benzene rings is 1. The van der Waals surface area contributed by atoms with E-state index in [0.717, 1.165) is 0 Å². The second-order valence-corrected chi connectivity index (χ2v) is 7.09. The standard InChI is InChI=1S/C12H3BrCl2F6N2OS/c13-4-1-3(14)2-5(15)6(4)22-9(24)7-8(11(16,17)18)23-10(25-7)12(19,20)21/h1-2H,(H,22,24). The lowest BCUT2D eigenvalue weighted by Gasteiger charge is -2.10. The van der Waals surface area contributed by atoms with E-state index in [1.54, 1.807) is 0 Å². The molecule has 0 saturated heterocycles. The number of carbonyl (C=O) groups is 1. The Hall–Kier alpha value is -1.04. The maximum Gasteiger partial charge on any atom is 0.443 e. The molecule has 0 unspecified atom stereocenters. The number of nitrogens with one attached hydrogen (secondary N) is 1. The topological polar surface area (TPSA) is 42.0 Å². The third kappa shape index (κ3) is 4.57. The number of alkyl halides is 6. The summed E-state index contributed by atoms with van der Waals surface area (Å²) in [6.07, 6.45) is -10.4. The number of carbonyl (C=O) groups excluding carboxylic acids is 1. The predicted octanol–water partition coefficient (Wildman–Crippen LogP) is 6.50. The molecule has 0 atom stereocenters. The van der Waals surface area contributed by atoms with Gasteiger partial charge in [-0.2, -0.15) is 26.3 Å². The van der Waals surface area contributed by atoms with Gasteiger partial charge in [0.05, 0.1) is 10.7 Å². The van der Waals surface area contributed by atoms with Gasteiger partial charge in [0.2, 0.25) is 0 Å². The molecule has 3 nitrogen and oxygen atoms in total. The van der Waals surface area contributed by atoms with Crippen molar-refractivity contribution in [3.05, 3.63) is 42.2 Å². The molecule has 25 heavy (non-hydrogen) atoms. The van der Waals surface area contributed by atoms with Crippen molar-refractivity contribution in [1.82, 2.24) is 4.98 Å². The SMILES string of the molecule is O=C(Nc1c(Cl)cc(Cl)cc1Br)c1sc(C(F)(F)F)nc1C(F)(F)F. The van der Waals surface area contributed by atoms with Crippen LogP contribution in [0.1, 0.15) is 20.4 Å². The van der Waals surface area contributed by atoms with Crippen molar-refractivity contribution in [2.24, 2.45) is 0 Å². The van der Waals surface area contributed by atoms with Crippen LogP contribution < -0.4 is 5.32 Å². The Balaban J connectivity index is 2.48. The smallest absolute Gasteiger partial charge is 0.319 e. The average Bonchev–Trinajstić information content (AvgIpc) is 2.87. The van der Waals surface area contributed by atoms with Crippen LogP contribution in [0.3, 0.4) is 0 Å². The van der Waals surface area contributed by atoms with Gasteiger partial charge in [-0.15, -0.1) is 11.3 Å². The normalized spacial score (nSPS) is 12.4. The highest BCUT2D eigenvalue weighted by molar-refractivity contribution is 9.10. The van der Waals surface area contributed by atoms with E-state index in [1.165, 1.54) is 12.1 Å². The zero-order chi connectivity index (χ0) is 19.2. The van der Waals surface area contributed by atoms with Crippen LogP contribution in [0.15, 0.2) is 16.6 Å². The number of rotatable bonds is 2. The quantitative estimate of drug-likeness (QED) is 0.491. The van der Waals surface area contributed by atoms with E-state index in [-0.39, 0.29) is 20.2 Å². The molecule has 1 aromatic heterocycles. The molecule has 13 heteroatoms. The molecule has 1 N–H and O–H groups in total. The number of amides is 1. The van der Waals surface area contributed by atoms with E-state index in [4.69, 9.17) is 23.2 Å². The molecular formula is C12H3BrCl2F6N2OS. The molecule has 0 radical (unpaired) electrons. The fraction of sp³-hybridized carbons (Fsp3) is 0.167. The maximum atomic E-state index is 12.9. The zero-order valence-electron chi connectivity index (χ0n) is 11.3. The number of thiazole rings is 1. The molecule has 1 heterocycles. The highest BCUT2D eigenvalue weighted by Crippen LogP contribution is 2.41. The van der Waals surface area contributed by atoms with Crippen LogP contribution in [0.2, 0.25) is 10.0 Å². The first-order valence-corrected chi connectivity index (χ1v) is 8.28. The molecule has 0 spiro atoms. The van der Waals surface area contributed by atoms with Gasteiger partial charge in [0.25, 0.3) is 5.91 Å². The molecule has 2 aromatic rings. The summed E-state index contributed by atoms with van der Waals surface area (Å²) < 4.78 is 76.8. The largest absolute Gasteiger partial charge is 0.443 e. The summed E-state index contributed by atoms with van der Waals surface area (Å²) >= 11 is 14.1. The first-order valence-electron chi connectivity index (χ1n) is 5.92. The Kier molecular flexibility index (Phi) is 5.62. The minimum absolute atomic E-state index is 0.123. The second kappa shape index (κ2) is 6.93. The Morgan fingerprint density at radius 1 is 1.12 bits per heavy atom. The van der Waals surface area contributed by atoms with E-state index in [1.807, 2.05) is 5.32 Å². The van der Waals surface area contributed by atoms with Crippen LogP contribution in [0.5, 0.6) is 0 Å². The molecule has 1 aromatic carbocycles. The van der Waals surface area contributed by atoms with Crippen LogP contribution in [0.4, 0.5) is 32.0 Å². The molecule has 0 bridgehead atoms. The van der Waals surface area contributed by atoms with Crippen molar-refractivity contribution >= 4 is 62.1 Å². The van der Waals surface area contributed by atoms with Crippen LogP contribution in [0.25, 0.3) is 0 Å². The Morgan fingerprint density at radius 2 is 1.72 bits per heavy atom. The molecule has 1 amide bonds. The zero-order valence-corrected chi connectivity index (χ0v) is 15.2. The molecule has 0 fully saturated rings. The van der Waals surface area contributed by atoms with Crippen LogP contribution in [-0.4, -0.2) is 10.9 Å². The fourth-order valence-corrected chi connectivity index (χ4v) is 3.81. The van der Waals surface area contributed by atoms with Gasteiger partial charge in [-0.1, -0.05) is 23.2 Å². The molecule has 0 aliphatic rings. The summed E-state index contributed by atoms with van der Waals surface area (Å²) in [5.74, 6) is -1.44. The number of halogens is 9. The summed E-state index contributed by atoms with van der Waals surface area (Å²) in [6.45, 7) is 0. The number of hydrogen-bond donors (Lipinski definition) is 1. The van der Waals surface area contributed by atoms with Gasteiger partial charge in [-0.3, -0.25) is 4.79 Å². The van der Waals surface area contributed by atoms with Crippen molar-refractivity contribution in [3.63, 3.8) is 0 Å². The average molecular weight is 488 g/mol. The van der Waals surface area contributed by atoms with Gasteiger partial charge in [0.15, 0.2) is 10.7 Å². The van der Waals surface area contributed by atoms with Gasteiger partial charge in [-0.05, 0) is 28.1 Å². The second-order valence-electron chi connectivity index (χ2n) is 4.39. The monoisotopic (exact) mass is 486 g/mol. The minimum atomic E-state index is -5.24. The third-order valence-corrected chi connectivity index (χ3v) is 4.83. The van der Waals surface area contributed by atoms with Crippen LogP contribution in [0, 0.1) is 0 Å². The number of anilines is 1. The van der Waals surface area contributed by atoms with E-state index in [2.05, 4.69) is 20.9 Å². The van der Waals surface area contributed by atoms with Crippen LogP contribution in [-0.2, 0) is 12.4 Å². The molecule has 0 saturated carbocycles. The Morgan fingerprint density at radius 3 is 2.20 bits per heavy atom. The van der Waals surface area contributed by atoms with Gasteiger partial charge in [0.1, 0.15) is 4.88 Å². The van der Waals surface area contributed by atoms with E-state index >= 15 is 0 Å². The highest BCUT2D eigenvalue weighted by Gasteiger charge is 2.44. The first-order chi connectivity index (χ1) is 11.3.